The predicted octanol–water partition coefficient (Wildman–Crippen LogP) is 7.00. The van der Waals surface area contributed by atoms with Gasteiger partial charge in [0, 0.05) is 60.9 Å². The molecule has 5 aromatic rings. The van der Waals surface area contributed by atoms with Gasteiger partial charge < -0.3 is 14.5 Å². The number of nitrogens with zero attached hydrogens (tertiary/aromatic N) is 4. The Labute approximate surface area is 246 Å². The van der Waals surface area contributed by atoms with Crippen molar-refractivity contribution in [2.75, 3.05) is 5.32 Å². The highest BCUT2D eigenvalue weighted by molar-refractivity contribution is 5.89. The normalized spacial score (nSPS) is 12.4. The maximum Gasteiger partial charge on any atom is 0.269 e. The Balaban J connectivity index is 1.61. The number of hydrogen-bond acceptors (Lipinski definition) is 5. The maximum atomic E-state index is 14.3. The fourth-order valence-electron chi connectivity index (χ4n) is 5.19. The number of hydrogen-bond donors (Lipinski definition) is 1. The first-order chi connectivity index (χ1) is 20.8. The lowest BCUT2D eigenvalue weighted by Gasteiger charge is -2.22. The minimum absolute atomic E-state index is 0.108. The van der Waals surface area contributed by atoms with Crippen molar-refractivity contribution in [2.24, 2.45) is 14.1 Å². The van der Waals surface area contributed by atoms with Gasteiger partial charge in [0.05, 0.1) is 16.8 Å². The number of halogens is 6. The molecule has 3 aromatic heterocycles. The van der Waals surface area contributed by atoms with Crippen molar-refractivity contribution in [3.63, 3.8) is 0 Å². The van der Waals surface area contributed by atoms with Crippen LogP contribution in [-0.2, 0) is 14.1 Å². The second-order valence-electron chi connectivity index (χ2n) is 10.4. The van der Waals surface area contributed by atoms with Crippen molar-refractivity contribution in [2.45, 2.75) is 32.7 Å². The number of aromatic nitrogens is 4. The molecule has 0 saturated carbocycles. The predicted molar refractivity (Wildman–Crippen MR) is 154 cm³/mol. The first-order valence-electron chi connectivity index (χ1n) is 13.3. The van der Waals surface area contributed by atoms with E-state index in [1.807, 2.05) is 0 Å². The molecule has 0 fully saturated rings. The highest BCUT2D eigenvalue weighted by Gasteiger charge is 2.25. The van der Waals surface area contributed by atoms with E-state index in [-0.39, 0.29) is 17.1 Å². The van der Waals surface area contributed by atoms with Crippen molar-refractivity contribution in [3.05, 3.63) is 110 Å². The second-order valence-corrected chi connectivity index (χ2v) is 10.4. The molecule has 0 amide bonds. The highest BCUT2D eigenvalue weighted by atomic mass is 19.3. The lowest BCUT2D eigenvalue weighted by Crippen LogP contribution is -2.22. The van der Waals surface area contributed by atoms with Gasteiger partial charge in [0.1, 0.15) is 0 Å². The summed E-state index contributed by atoms with van der Waals surface area (Å²) in [5.74, 6) is -3.16. The molecule has 2 aromatic carbocycles. The minimum atomic E-state index is -3.29. The summed E-state index contributed by atoms with van der Waals surface area (Å²) in [7, 11) is 2.88. The Morgan fingerprint density at radius 2 is 1.50 bits per heavy atom. The van der Waals surface area contributed by atoms with Crippen LogP contribution in [0, 0.1) is 18.6 Å². The molecule has 44 heavy (non-hydrogen) atoms. The van der Waals surface area contributed by atoms with Gasteiger partial charge in [0.2, 0.25) is 0 Å². The van der Waals surface area contributed by atoms with Crippen LogP contribution in [0.3, 0.4) is 0 Å². The van der Waals surface area contributed by atoms with Gasteiger partial charge in [-0.05, 0) is 60.7 Å². The molecule has 0 aliphatic rings. The van der Waals surface area contributed by atoms with E-state index in [2.05, 4.69) is 15.3 Å². The van der Waals surface area contributed by atoms with E-state index in [4.69, 9.17) is 0 Å². The summed E-state index contributed by atoms with van der Waals surface area (Å²) in [6, 6.07) is 7.43. The quantitative estimate of drug-likeness (QED) is 0.200. The Bertz CT molecular complexity index is 2020. The van der Waals surface area contributed by atoms with E-state index in [9.17, 15) is 35.9 Å². The van der Waals surface area contributed by atoms with Crippen molar-refractivity contribution >= 4 is 16.5 Å². The number of rotatable bonds is 7. The zero-order valence-corrected chi connectivity index (χ0v) is 23.8. The average Bonchev–Trinajstić information content (AvgIpc) is 2.97. The van der Waals surface area contributed by atoms with Crippen molar-refractivity contribution in [3.8, 4) is 22.6 Å². The van der Waals surface area contributed by atoms with Gasteiger partial charge in [0.15, 0.2) is 17.5 Å². The molecular formula is C31H25F6N5O2. The summed E-state index contributed by atoms with van der Waals surface area (Å²) in [4.78, 5) is 34.2. The lowest BCUT2D eigenvalue weighted by atomic mass is 9.96. The van der Waals surface area contributed by atoms with Crippen LogP contribution < -0.4 is 16.4 Å². The number of pyridine rings is 2. The smallest absolute Gasteiger partial charge is 0.269 e. The van der Waals surface area contributed by atoms with Crippen LogP contribution >= 0.6 is 0 Å². The number of benzene rings is 2. The van der Waals surface area contributed by atoms with Crippen molar-refractivity contribution < 1.29 is 26.3 Å². The van der Waals surface area contributed by atoms with Crippen molar-refractivity contribution in [1.82, 2.24) is 19.1 Å². The fraction of sp³-hybridized carbons (Fsp3) is 0.226. The number of nitrogens with one attached hydrogen (secondary N) is 1. The molecule has 5 rings (SSSR count). The molecule has 0 aliphatic heterocycles. The molecule has 7 nitrogen and oxygen atoms in total. The first-order valence-corrected chi connectivity index (χ1v) is 13.3. The standard InChI is InChI=1S/C31H25F6N5O2/c1-14-9-18(15(2)40-22-6-5-21(32)26(33)25(22)28(36)37)19-11-23(42(4)30(43)20(19)10-14)16-12-38-29(39-13-16)17-7-8-41(3)31(44)24(17)27(34)35/h5-13,15,27-28,40H,1-4H3. The molecule has 1 N–H and O–H groups in total. The van der Waals surface area contributed by atoms with Gasteiger partial charge in [-0.15, -0.1) is 0 Å². The number of anilines is 1. The second kappa shape index (κ2) is 11.6. The Morgan fingerprint density at radius 1 is 0.841 bits per heavy atom. The number of alkyl halides is 4. The van der Waals surface area contributed by atoms with E-state index in [0.29, 0.717) is 33.2 Å². The molecule has 0 saturated heterocycles. The third-order valence-electron chi connectivity index (χ3n) is 7.44. The van der Waals surface area contributed by atoms with Crippen LogP contribution in [0.4, 0.5) is 32.0 Å². The third kappa shape index (κ3) is 5.33. The molecule has 228 valence electrons. The van der Waals surface area contributed by atoms with E-state index in [0.717, 1.165) is 16.7 Å². The van der Waals surface area contributed by atoms with Crippen molar-refractivity contribution in [1.29, 1.82) is 0 Å². The Kier molecular flexibility index (Phi) is 8.06. The highest BCUT2D eigenvalue weighted by Crippen LogP contribution is 2.35. The molecule has 1 atom stereocenters. The summed E-state index contributed by atoms with van der Waals surface area (Å²) < 4.78 is 85.1. The van der Waals surface area contributed by atoms with Gasteiger partial charge >= 0.3 is 0 Å². The van der Waals surface area contributed by atoms with Gasteiger partial charge in [-0.25, -0.2) is 36.3 Å². The topological polar surface area (TPSA) is 81.8 Å². The zero-order valence-electron chi connectivity index (χ0n) is 23.8. The number of fused-ring (bicyclic) bond motifs is 1. The van der Waals surface area contributed by atoms with E-state index >= 15 is 0 Å². The van der Waals surface area contributed by atoms with Gasteiger partial charge in [0.25, 0.3) is 24.0 Å². The monoisotopic (exact) mass is 613 g/mol. The number of aryl methyl sites for hydroxylation is 2. The van der Waals surface area contributed by atoms with E-state index in [1.165, 1.54) is 43.3 Å². The first kappa shape index (κ1) is 30.5. The maximum absolute atomic E-state index is 14.3. The Hall–Kier alpha value is -4.94. The van der Waals surface area contributed by atoms with Crippen LogP contribution in [0.5, 0.6) is 0 Å². The summed E-state index contributed by atoms with van der Waals surface area (Å²) in [5, 5.41) is 3.60. The average molecular weight is 614 g/mol. The van der Waals surface area contributed by atoms with E-state index < -0.39 is 52.8 Å². The van der Waals surface area contributed by atoms with E-state index in [1.54, 1.807) is 32.0 Å². The Morgan fingerprint density at radius 3 is 2.14 bits per heavy atom. The molecule has 0 aliphatic carbocycles. The largest absolute Gasteiger partial charge is 0.378 e. The summed E-state index contributed by atoms with van der Waals surface area (Å²) in [6.07, 6.45) is -2.35. The fourth-order valence-corrected chi connectivity index (χ4v) is 5.19. The third-order valence-corrected chi connectivity index (χ3v) is 7.44. The minimum Gasteiger partial charge on any atom is -0.378 e. The lowest BCUT2D eigenvalue weighted by molar-refractivity contribution is 0.146. The molecule has 3 heterocycles. The molecule has 0 bridgehead atoms. The van der Waals surface area contributed by atoms with Crippen LogP contribution in [0.2, 0.25) is 0 Å². The SMILES string of the molecule is Cc1cc(C(C)Nc2ccc(F)c(F)c2C(F)F)c2cc(-c3cnc(-c4ccn(C)c(=O)c4C(F)F)nc3)n(C)c(=O)c2c1. The molecule has 1 unspecified atom stereocenters. The van der Waals surface area contributed by atoms with Gasteiger partial charge in [-0.3, -0.25) is 9.59 Å². The molecule has 13 heteroatoms. The van der Waals surface area contributed by atoms with Crippen LogP contribution in [0.15, 0.2) is 64.6 Å². The summed E-state index contributed by atoms with van der Waals surface area (Å²) in [5.41, 5.74) is -1.62. The van der Waals surface area contributed by atoms with Gasteiger partial charge in [-0.1, -0.05) is 6.07 Å². The molecular weight excluding hydrogens is 588 g/mol. The zero-order chi connectivity index (χ0) is 32.0. The molecule has 0 spiro atoms. The van der Waals surface area contributed by atoms with Crippen LogP contribution in [-0.4, -0.2) is 19.1 Å². The van der Waals surface area contributed by atoms with Crippen LogP contribution in [0.1, 0.15) is 48.1 Å². The van der Waals surface area contributed by atoms with Gasteiger partial charge in [-0.2, -0.15) is 0 Å². The van der Waals surface area contributed by atoms with Crippen LogP contribution in [0.25, 0.3) is 33.4 Å². The summed E-state index contributed by atoms with van der Waals surface area (Å²) >= 11 is 0. The summed E-state index contributed by atoms with van der Waals surface area (Å²) in [6.45, 7) is 3.38. The molecule has 0 radical (unpaired) electrons.